The molecule has 0 saturated heterocycles. The Bertz CT molecular complexity index is 884. The first-order chi connectivity index (χ1) is 13.4. The molecule has 0 radical (unpaired) electrons. The molecule has 2 N–H and O–H groups in total. The lowest BCUT2D eigenvalue weighted by Crippen LogP contribution is -2.39. The molecule has 0 aliphatic carbocycles. The van der Waals surface area contributed by atoms with Gasteiger partial charge in [0.1, 0.15) is 5.75 Å². The van der Waals surface area contributed by atoms with E-state index in [1.165, 1.54) is 6.26 Å². The van der Waals surface area contributed by atoms with E-state index in [1.54, 1.807) is 19.2 Å². The summed E-state index contributed by atoms with van der Waals surface area (Å²) in [7, 11) is -1.41. The number of aryl methyl sites for hydroxylation is 1. The van der Waals surface area contributed by atoms with Gasteiger partial charge in [0.2, 0.25) is 0 Å². The molecule has 160 valence electrons. The van der Waals surface area contributed by atoms with Gasteiger partial charge in [-0.1, -0.05) is 30.3 Å². The second kappa shape index (κ2) is 12.7. The average Bonchev–Trinajstić information content (AvgIpc) is 2.67. The summed E-state index contributed by atoms with van der Waals surface area (Å²) in [6, 6.07) is 15.0. The molecular weight excluding hydrogens is 501 g/mol. The van der Waals surface area contributed by atoms with E-state index in [1.807, 2.05) is 43.3 Å². The predicted octanol–water partition coefficient (Wildman–Crippen LogP) is 3.19. The molecule has 2 aromatic rings. The van der Waals surface area contributed by atoms with E-state index in [9.17, 15) is 8.42 Å². The second-order valence-electron chi connectivity index (χ2n) is 6.56. The standard InChI is InChI=1S/C21H29N3O3S.HI/c1-17-7-4-5-8-20(17)27-16-6-14-23-21(22-2)24-15-13-18-9-11-19(12-10-18)28(3,25)26;/h4-5,7-12H,6,13-16H2,1-3H3,(H2,22,23,24);1H. The van der Waals surface area contributed by atoms with Gasteiger partial charge in [-0.25, -0.2) is 8.42 Å². The summed E-state index contributed by atoms with van der Waals surface area (Å²) in [5.41, 5.74) is 2.21. The van der Waals surface area contributed by atoms with Gasteiger partial charge in [-0.3, -0.25) is 4.99 Å². The SMILES string of the molecule is CN=C(NCCCOc1ccccc1C)NCCc1ccc(S(C)(=O)=O)cc1.I. The Morgan fingerprint density at radius 3 is 2.31 bits per heavy atom. The first kappa shape index (κ1) is 25.2. The third-order valence-corrected chi connectivity index (χ3v) is 5.37. The van der Waals surface area contributed by atoms with Gasteiger partial charge in [0.25, 0.3) is 0 Å². The van der Waals surface area contributed by atoms with Crippen LogP contribution in [-0.2, 0) is 16.3 Å². The topological polar surface area (TPSA) is 79.8 Å². The van der Waals surface area contributed by atoms with Crippen LogP contribution >= 0.6 is 24.0 Å². The van der Waals surface area contributed by atoms with E-state index in [-0.39, 0.29) is 24.0 Å². The fourth-order valence-corrected chi connectivity index (χ4v) is 3.26. The van der Waals surface area contributed by atoms with Crippen molar-refractivity contribution >= 4 is 39.8 Å². The highest BCUT2D eigenvalue weighted by atomic mass is 127. The molecule has 0 heterocycles. The van der Waals surface area contributed by atoms with Gasteiger partial charge < -0.3 is 15.4 Å². The van der Waals surface area contributed by atoms with Gasteiger partial charge in [-0.15, -0.1) is 24.0 Å². The van der Waals surface area contributed by atoms with Crippen LogP contribution in [0.3, 0.4) is 0 Å². The molecule has 8 heteroatoms. The van der Waals surface area contributed by atoms with E-state index in [0.717, 1.165) is 42.2 Å². The maximum atomic E-state index is 11.5. The fourth-order valence-electron chi connectivity index (χ4n) is 2.63. The van der Waals surface area contributed by atoms with Gasteiger partial charge in [-0.05, 0) is 49.1 Å². The zero-order valence-electron chi connectivity index (χ0n) is 17.1. The highest BCUT2D eigenvalue weighted by Gasteiger charge is 2.06. The van der Waals surface area contributed by atoms with E-state index in [4.69, 9.17) is 4.74 Å². The quantitative estimate of drug-likeness (QED) is 0.225. The second-order valence-corrected chi connectivity index (χ2v) is 8.58. The number of nitrogens with zero attached hydrogens (tertiary/aromatic N) is 1. The molecule has 0 bridgehead atoms. The number of benzene rings is 2. The maximum Gasteiger partial charge on any atom is 0.190 e. The monoisotopic (exact) mass is 531 g/mol. The number of para-hydroxylation sites is 1. The number of sulfone groups is 1. The predicted molar refractivity (Wildman–Crippen MR) is 129 cm³/mol. The molecule has 29 heavy (non-hydrogen) atoms. The van der Waals surface area contributed by atoms with Crippen molar-refractivity contribution in [3.8, 4) is 5.75 Å². The summed E-state index contributed by atoms with van der Waals surface area (Å²) in [5.74, 6) is 1.66. The van der Waals surface area contributed by atoms with Crippen molar-refractivity contribution in [1.82, 2.24) is 10.6 Å². The molecule has 0 saturated carbocycles. The van der Waals surface area contributed by atoms with Gasteiger partial charge >= 0.3 is 0 Å². The molecule has 0 aromatic heterocycles. The third-order valence-electron chi connectivity index (χ3n) is 4.25. The molecule has 0 amide bonds. The summed E-state index contributed by atoms with van der Waals surface area (Å²) in [4.78, 5) is 4.55. The molecule has 6 nitrogen and oxygen atoms in total. The Kier molecular flexibility index (Phi) is 11.0. The molecule has 0 aliphatic rings. The lowest BCUT2D eigenvalue weighted by Gasteiger charge is -2.13. The Labute approximate surface area is 191 Å². The van der Waals surface area contributed by atoms with Crippen molar-refractivity contribution in [3.63, 3.8) is 0 Å². The van der Waals surface area contributed by atoms with Crippen LogP contribution in [0.1, 0.15) is 17.5 Å². The van der Waals surface area contributed by atoms with E-state index in [0.29, 0.717) is 18.0 Å². The summed E-state index contributed by atoms with van der Waals surface area (Å²) in [6.07, 6.45) is 2.86. The Hall–Kier alpha value is -1.81. The number of ether oxygens (including phenoxy) is 1. The zero-order chi connectivity index (χ0) is 20.4. The normalized spacial score (nSPS) is 11.5. The molecule has 2 rings (SSSR count). The van der Waals surface area contributed by atoms with Crippen molar-refractivity contribution in [2.45, 2.75) is 24.7 Å². The van der Waals surface area contributed by atoms with E-state index < -0.39 is 9.84 Å². The summed E-state index contributed by atoms with van der Waals surface area (Å²) in [5, 5.41) is 6.53. The number of hydrogen-bond acceptors (Lipinski definition) is 4. The van der Waals surface area contributed by atoms with Crippen LogP contribution in [0.15, 0.2) is 58.4 Å². The highest BCUT2D eigenvalue weighted by molar-refractivity contribution is 14.0. The first-order valence-electron chi connectivity index (χ1n) is 9.32. The summed E-state index contributed by atoms with van der Waals surface area (Å²) in [6.45, 7) is 4.14. The van der Waals surface area contributed by atoms with Crippen LogP contribution in [-0.4, -0.2) is 47.4 Å². The molecule has 2 aromatic carbocycles. The fraction of sp³-hybridized carbons (Fsp3) is 0.381. The molecule has 0 spiro atoms. The van der Waals surface area contributed by atoms with Crippen molar-refractivity contribution in [1.29, 1.82) is 0 Å². The first-order valence-corrected chi connectivity index (χ1v) is 11.2. The minimum absolute atomic E-state index is 0. The number of nitrogens with one attached hydrogen (secondary N) is 2. The molecular formula is C21H30IN3O3S. The Morgan fingerprint density at radius 1 is 1.03 bits per heavy atom. The largest absolute Gasteiger partial charge is 0.493 e. The van der Waals surface area contributed by atoms with E-state index in [2.05, 4.69) is 15.6 Å². The lowest BCUT2D eigenvalue weighted by atomic mass is 10.1. The van der Waals surface area contributed by atoms with Crippen LogP contribution in [0.25, 0.3) is 0 Å². The van der Waals surface area contributed by atoms with Crippen LogP contribution in [0.4, 0.5) is 0 Å². The number of rotatable bonds is 9. The molecule has 0 aliphatic heterocycles. The highest BCUT2D eigenvalue weighted by Crippen LogP contribution is 2.16. The minimum Gasteiger partial charge on any atom is -0.493 e. The van der Waals surface area contributed by atoms with Gasteiger partial charge in [0.05, 0.1) is 11.5 Å². The van der Waals surface area contributed by atoms with Crippen molar-refractivity contribution in [3.05, 3.63) is 59.7 Å². The van der Waals surface area contributed by atoms with Gasteiger partial charge in [0.15, 0.2) is 15.8 Å². The lowest BCUT2D eigenvalue weighted by molar-refractivity contribution is 0.309. The number of aliphatic imine (C=N–C) groups is 1. The summed E-state index contributed by atoms with van der Waals surface area (Å²) < 4.78 is 28.8. The third kappa shape index (κ3) is 9.03. The minimum atomic E-state index is -3.15. The number of guanidine groups is 1. The average molecular weight is 531 g/mol. The van der Waals surface area contributed by atoms with Crippen LogP contribution in [0.2, 0.25) is 0 Å². The smallest absolute Gasteiger partial charge is 0.190 e. The van der Waals surface area contributed by atoms with Crippen LogP contribution in [0, 0.1) is 6.92 Å². The van der Waals surface area contributed by atoms with Gasteiger partial charge in [-0.2, -0.15) is 0 Å². The zero-order valence-corrected chi connectivity index (χ0v) is 20.3. The van der Waals surface area contributed by atoms with Crippen LogP contribution in [0.5, 0.6) is 5.75 Å². The molecule has 0 atom stereocenters. The maximum absolute atomic E-state index is 11.5. The number of halogens is 1. The van der Waals surface area contributed by atoms with Crippen LogP contribution < -0.4 is 15.4 Å². The Morgan fingerprint density at radius 2 is 1.69 bits per heavy atom. The summed E-state index contributed by atoms with van der Waals surface area (Å²) >= 11 is 0. The van der Waals surface area contributed by atoms with E-state index >= 15 is 0 Å². The van der Waals surface area contributed by atoms with Crippen molar-refractivity contribution < 1.29 is 13.2 Å². The number of hydrogen-bond donors (Lipinski definition) is 2. The van der Waals surface area contributed by atoms with Gasteiger partial charge in [0, 0.05) is 26.4 Å². The van der Waals surface area contributed by atoms with Crippen molar-refractivity contribution in [2.24, 2.45) is 4.99 Å². The molecule has 0 unspecified atom stereocenters. The van der Waals surface area contributed by atoms with Crippen molar-refractivity contribution in [2.75, 3.05) is 33.0 Å². The molecule has 0 fully saturated rings. The Balaban J connectivity index is 0.00000420.